The first-order chi connectivity index (χ1) is 9.04. The fourth-order valence-electron chi connectivity index (χ4n) is 1.53. The van der Waals surface area contributed by atoms with E-state index in [9.17, 15) is 23.3 Å². The predicted molar refractivity (Wildman–Crippen MR) is 70.2 cm³/mol. The van der Waals surface area contributed by atoms with Gasteiger partial charge >= 0.3 is 5.97 Å². The summed E-state index contributed by atoms with van der Waals surface area (Å²) in [5.41, 5.74) is -1.52. The van der Waals surface area contributed by atoms with E-state index in [1.54, 1.807) is 13.8 Å². The second-order valence-electron chi connectivity index (χ2n) is 4.27. The molecule has 0 atom stereocenters. The van der Waals surface area contributed by atoms with Crippen molar-refractivity contribution in [2.75, 3.05) is 5.32 Å². The molecule has 0 aliphatic heterocycles. The van der Waals surface area contributed by atoms with Crippen LogP contribution in [-0.4, -0.2) is 30.5 Å². The predicted octanol–water partition coefficient (Wildman–Crippen LogP) is 0.761. The van der Waals surface area contributed by atoms with Gasteiger partial charge in [-0.1, -0.05) is 0 Å². The highest BCUT2D eigenvalue weighted by atomic mass is 32.2. The first-order valence-corrected chi connectivity index (χ1v) is 6.93. The third-order valence-electron chi connectivity index (χ3n) is 2.26. The normalized spacial score (nSPS) is 11.4. The smallest absolute Gasteiger partial charge is 0.335 e. The summed E-state index contributed by atoms with van der Waals surface area (Å²) in [4.78, 5) is 20.4. The lowest BCUT2D eigenvalue weighted by atomic mass is 10.1. The van der Waals surface area contributed by atoms with E-state index in [0.29, 0.717) is 0 Å². The van der Waals surface area contributed by atoms with Crippen molar-refractivity contribution < 1.29 is 23.2 Å². The van der Waals surface area contributed by atoms with Crippen molar-refractivity contribution in [2.24, 2.45) is 5.14 Å². The highest BCUT2D eigenvalue weighted by Crippen LogP contribution is 2.33. The SMILES string of the molecule is CC(C)Nc1c([N+](=O)[O-])cc(C(=O)O)cc1S(N)(=O)=O. The van der Waals surface area contributed by atoms with Crippen molar-refractivity contribution >= 4 is 27.4 Å². The first-order valence-electron chi connectivity index (χ1n) is 5.39. The first kappa shape index (κ1) is 15.9. The van der Waals surface area contributed by atoms with E-state index in [0.717, 1.165) is 12.1 Å². The maximum atomic E-state index is 11.5. The number of carboxylic acids is 1. The number of nitrogens with two attached hydrogens (primary N) is 1. The maximum absolute atomic E-state index is 11.5. The van der Waals surface area contributed by atoms with Crippen LogP contribution in [0.5, 0.6) is 0 Å². The van der Waals surface area contributed by atoms with E-state index in [1.807, 2.05) is 0 Å². The van der Waals surface area contributed by atoms with Gasteiger partial charge < -0.3 is 10.4 Å². The standard InChI is InChI=1S/C10H13N3O6S/c1-5(2)12-9-7(13(16)17)3-6(10(14)15)4-8(9)20(11,18)19/h3-5,12H,1-2H3,(H,14,15)(H2,11,18,19). The largest absolute Gasteiger partial charge is 0.478 e. The van der Waals surface area contributed by atoms with Gasteiger partial charge in [0.25, 0.3) is 5.69 Å². The van der Waals surface area contributed by atoms with Crippen molar-refractivity contribution in [1.82, 2.24) is 0 Å². The second kappa shape index (κ2) is 5.43. The van der Waals surface area contributed by atoms with E-state index in [1.165, 1.54) is 0 Å². The number of primary sulfonamides is 1. The van der Waals surface area contributed by atoms with Crippen LogP contribution in [0.4, 0.5) is 11.4 Å². The molecule has 0 spiro atoms. The van der Waals surface area contributed by atoms with Crippen LogP contribution in [0.2, 0.25) is 0 Å². The summed E-state index contributed by atoms with van der Waals surface area (Å²) in [5.74, 6) is -1.49. The topological polar surface area (TPSA) is 153 Å². The Hall–Kier alpha value is -2.20. The summed E-state index contributed by atoms with van der Waals surface area (Å²) in [6, 6.07) is 1.25. The third kappa shape index (κ3) is 3.42. The van der Waals surface area contributed by atoms with Crippen LogP contribution in [0.1, 0.15) is 24.2 Å². The van der Waals surface area contributed by atoms with Gasteiger partial charge in [0.15, 0.2) is 0 Å². The molecule has 9 nitrogen and oxygen atoms in total. The number of sulfonamides is 1. The van der Waals surface area contributed by atoms with Crippen molar-refractivity contribution in [3.05, 3.63) is 27.8 Å². The lowest BCUT2D eigenvalue weighted by Crippen LogP contribution is -2.20. The molecule has 10 heteroatoms. The van der Waals surface area contributed by atoms with Crippen LogP contribution in [0.25, 0.3) is 0 Å². The van der Waals surface area contributed by atoms with Gasteiger partial charge in [0.2, 0.25) is 10.0 Å². The van der Waals surface area contributed by atoms with Gasteiger partial charge in [-0.15, -0.1) is 0 Å². The monoisotopic (exact) mass is 303 g/mol. The summed E-state index contributed by atoms with van der Waals surface area (Å²) in [7, 11) is -4.32. The quantitative estimate of drug-likeness (QED) is 0.536. The van der Waals surface area contributed by atoms with E-state index < -0.39 is 37.1 Å². The molecule has 0 aliphatic rings. The van der Waals surface area contributed by atoms with Gasteiger partial charge in [-0.25, -0.2) is 18.4 Å². The van der Waals surface area contributed by atoms with Crippen molar-refractivity contribution in [1.29, 1.82) is 0 Å². The minimum absolute atomic E-state index is 0.315. The molecule has 110 valence electrons. The summed E-state index contributed by atoms with van der Waals surface area (Å²) in [5, 5.41) is 27.5. The molecule has 1 aromatic carbocycles. The van der Waals surface area contributed by atoms with E-state index in [-0.39, 0.29) is 11.7 Å². The number of hydrogen-bond donors (Lipinski definition) is 3. The minimum atomic E-state index is -4.32. The van der Waals surface area contributed by atoms with Crippen molar-refractivity contribution in [3.63, 3.8) is 0 Å². The summed E-state index contributed by atoms with van der Waals surface area (Å²) in [6.45, 7) is 3.28. The Morgan fingerprint density at radius 1 is 1.45 bits per heavy atom. The minimum Gasteiger partial charge on any atom is -0.478 e. The zero-order chi connectivity index (χ0) is 15.7. The summed E-state index contributed by atoms with van der Waals surface area (Å²) >= 11 is 0. The molecule has 0 fully saturated rings. The maximum Gasteiger partial charge on any atom is 0.335 e. The Labute approximate surface area is 114 Å². The molecule has 0 aromatic heterocycles. The Kier molecular flexibility index (Phi) is 4.30. The van der Waals surface area contributed by atoms with Gasteiger partial charge in [-0.05, 0) is 19.9 Å². The highest BCUT2D eigenvalue weighted by molar-refractivity contribution is 7.89. The molecule has 20 heavy (non-hydrogen) atoms. The molecule has 1 aromatic rings. The van der Waals surface area contributed by atoms with E-state index in [2.05, 4.69) is 5.32 Å². The summed E-state index contributed by atoms with van der Waals surface area (Å²) < 4.78 is 23.0. The molecule has 0 saturated heterocycles. The zero-order valence-electron chi connectivity index (χ0n) is 10.7. The molecular weight excluding hydrogens is 290 g/mol. The number of carbonyl (C=O) groups is 1. The van der Waals surface area contributed by atoms with Crippen LogP contribution >= 0.6 is 0 Å². The molecule has 0 heterocycles. The number of benzene rings is 1. The molecule has 0 amide bonds. The van der Waals surface area contributed by atoms with E-state index in [4.69, 9.17) is 10.2 Å². The third-order valence-corrected chi connectivity index (χ3v) is 3.20. The van der Waals surface area contributed by atoms with Crippen LogP contribution in [0.3, 0.4) is 0 Å². The number of rotatable bonds is 5. The number of nitro benzene ring substituents is 1. The molecule has 4 N–H and O–H groups in total. The molecule has 0 aliphatic carbocycles. The van der Waals surface area contributed by atoms with Crippen LogP contribution in [0.15, 0.2) is 17.0 Å². The fraction of sp³-hybridized carbons (Fsp3) is 0.300. The number of nitro groups is 1. The molecule has 0 saturated carbocycles. The number of nitrogens with zero attached hydrogens (tertiary/aromatic N) is 1. The van der Waals surface area contributed by atoms with Crippen LogP contribution in [0, 0.1) is 10.1 Å². The van der Waals surface area contributed by atoms with Crippen LogP contribution in [-0.2, 0) is 10.0 Å². The van der Waals surface area contributed by atoms with Gasteiger partial charge in [0, 0.05) is 12.1 Å². The molecule has 0 radical (unpaired) electrons. The number of hydrogen-bond acceptors (Lipinski definition) is 6. The molecule has 0 bridgehead atoms. The number of aromatic carboxylic acids is 1. The lowest BCUT2D eigenvalue weighted by molar-refractivity contribution is -0.384. The Morgan fingerprint density at radius 2 is 2.00 bits per heavy atom. The zero-order valence-corrected chi connectivity index (χ0v) is 11.5. The molecular formula is C10H13N3O6S. The average molecular weight is 303 g/mol. The second-order valence-corrected chi connectivity index (χ2v) is 5.80. The van der Waals surface area contributed by atoms with Gasteiger partial charge in [-0.3, -0.25) is 10.1 Å². The van der Waals surface area contributed by atoms with Crippen molar-refractivity contribution in [2.45, 2.75) is 24.8 Å². The van der Waals surface area contributed by atoms with Gasteiger partial charge in [0.1, 0.15) is 10.6 Å². The Morgan fingerprint density at radius 3 is 2.35 bits per heavy atom. The number of nitrogens with one attached hydrogen (secondary N) is 1. The van der Waals surface area contributed by atoms with Crippen molar-refractivity contribution in [3.8, 4) is 0 Å². The number of anilines is 1. The Bertz CT molecular complexity index is 668. The number of carboxylic acid groups (broad SMARTS) is 1. The van der Waals surface area contributed by atoms with E-state index >= 15 is 0 Å². The van der Waals surface area contributed by atoms with Crippen LogP contribution < -0.4 is 10.5 Å². The summed E-state index contributed by atoms with van der Waals surface area (Å²) in [6.07, 6.45) is 0. The Balaban J connectivity index is 3.76. The fourth-order valence-corrected chi connectivity index (χ4v) is 2.27. The lowest BCUT2D eigenvalue weighted by Gasteiger charge is -2.14. The highest BCUT2D eigenvalue weighted by Gasteiger charge is 2.27. The average Bonchev–Trinajstić information content (AvgIpc) is 2.25. The molecule has 1 rings (SSSR count). The van der Waals surface area contributed by atoms with Gasteiger partial charge in [0.05, 0.1) is 10.5 Å². The van der Waals surface area contributed by atoms with Gasteiger partial charge in [-0.2, -0.15) is 0 Å². The molecule has 0 unspecified atom stereocenters.